The van der Waals surface area contributed by atoms with Crippen molar-refractivity contribution in [2.75, 3.05) is 0 Å². The molecule has 0 saturated carbocycles. The minimum absolute atomic E-state index is 0.257. The Morgan fingerprint density at radius 1 is 1.28 bits per heavy atom. The number of nitrogens with two attached hydrogens (primary N) is 1. The number of pyridine rings is 1. The van der Waals surface area contributed by atoms with E-state index in [0.29, 0.717) is 11.4 Å². The molecule has 0 aliphatic rings. The van der Waals surface area contributed by atoms with Gasteiger partial charge in [-0.15, -0.1) is 0 Å². The Kier molecular flexibility index (Phi) is 3.93. The summed E-state index contributed by atoms with van der Waals surface area (Å²) < 4.78 is 6.78. The highest BCUT2D eigenvalue weighted by atomic mass is 79.9. The molecule has 0 atom stereocenters. The number of aryl methyl sites for hydroxylation is 1. The topological polar surface area (TPSA) is 48.1 Å². The summed E-state index contributed by atoms with van der Waals surface area (Å²) in [6.45, 7) is 2.00. The normalized spacial score (nSPS) is 10.1. The van der Waals surface area contributed by atoms with Gasteiger partial charge in [-0.1, -0.05) is 28.1 Å². The van der Waals surface area contributed by atoms with Gasteiger partial charge in [-0.2, -0.15) is 0 Å². The third-order valence-corrected chi connectivity index (χ3v) is 3.45. The number of hydrogen-bond donors (Lipinski definition) is 1. The van der Waals surface area contributed by atoms with Gasteiger partial charge in [0.1, 0.15) is 22.2 Å². The molecule has 2 N–H and O–H groups in total. The Morgan fingerprint density at radius 3 is 2.67 bits per heavy atom. The van der Waals surface area contributed by atoms with Crippen molar-refractivity contribution in [3.8, 4) is 11.5 Å². The fraction of sp³-hybridized carbons (Fsp3) is 0.0769. The maximum absolute atomic E-state index is 5.73. The van der Waals surface area contributed by atoms with Crippen LogP contribution in [0.15, 0.2) is 41.0 Å². The molecule has 0 aliphatic heterocycles. The molecule has 0 saturated heterocycles. The van der Waals surface area contributed by atoms with Crippen molar-refractivity contribution in [3.63, 3.8) is 0 Å². The van der Waals surface area contributed by atoms with Gasteiger partial charge >= 0.3 is 0 Å². The number of thiocarbonyl (C=S) groups is 1. The molecule has 1 heterocycles. The van der Waals surface area contributed by atoms with E-state index in [1.54, 1.807) is 18.3 Å². The highest BCUT2D eigenvalue weighted by Crippen LogP contribution is 2.26. The van der Waals surface area contributed by atoms with Gasteiger partial charge in [0.25, 0.3) is 0 Å². The van der Waals surface area contributed by atoms with E-state index in [4.69, 9.17) is 22.7 Å². The van der Waals surface area contributed by atoms with Crippen LogP contribution in [0.25, 0.3) is 0 Å². The van der Waals surface area contributed by atoms with Crippen molar-refractivity contribution in [1.82, 2.24) is 4.98 Å². The molecular formula is C13H11BrN2OS. The number of hydrogen-bond acceptors (Lipinski definition) is 3. The molecule has 0 unspecified atom stereocenters. The van der Waals surface area contributed by atoms with Crippen LogP contribution in [0, 0.1) is 6.92 Å². The van der Waals surface area contributed by atoms with E-state index >= 15 is 0 Å². The SMILES string of the molecule is Cc1cc(Oc2ccnc(C(N)=S)c2)ccc1Br. The molecule has 0 spiro atoms. The standard InChI is InChI=1S/C13H11BrN2OS/c1-8-6-9(2-3-11(8)14)17-10-4-5-16-12(7-10)13(15)18/h2-7H,1H3,(H2,15,18). The molecule has 0 radical (unpaired) electrons. The number of benzene rings is 1. The molecule has 0 fully saturated rings. The summed E-state index contributed by atoms with van der Waals surface area (Å²) in [6.07, 6.45) is 1.62. The van der Waals surface area contributed by atoms with Gasteiger partial charge in [-0.05, 0) is 36.8 Å². The van der Waals surface area contributed by atoms with Crippen molar-refractivity contribution >= 4 is 33.1 Å². The zero-order valence-corrected chi connectivity index (χ0v) is 12.1. The smallest absolute Gasteiger partial charge is 0.131 e. The quantitative estimate of drug-likeness (QED) is 0.877. The lowest BCUT2D eigenvalue weighted by Gasteiger charge is -2.08. The second-order valence-electron chi connectivity index (χ2n) is 3.75. The van der Waals surface area contributed by atoms with E-state index in [-0.39, 0.29) is 4.99 Å². The largest absolute Gasteiger partial charge is 0.457 e. The Bertz CT molecular complexity index is 601. The molecular weight excluding hydrogens is 312 g/mol. The van der Waals surface area contributed by atoms with E-state index in [0.717, 1.165) is 15.8 Å². The zero-order valence-electron chi connectivity index (χ0n) is 9.68. The van der Waals surface area contributed by atoms with E-state index in [1.807, 2.05) is 25.1 Å². The zero-order chi connectivity index (χ0) is 13.1. The first-order valence-electron chi connectivity index (χ1n) is 5.26. The van der Waals surface area contributed by atoms with Crippen LogP contribution in [0.2, 0.25) is 0 Å². The van der Waals surface area contributed by atoms with Crippen molar-refractivity contribution in [2.45, 2.75) is 6.92 Å². The summed E-state index contributed by atoms with van der Waals surface area (Å²) >= 11 is 8.32. The minimum atomic E-state index is 0.257. The van der Waals surface area contributed by atoms with Gasteiger partial charge in [0, 0.05) is 16.7 Å². The number of halogens is 1. The molecule has 0 amide bonds. The monoisotopic (exact) mass is 322 g/mol. The van der Waals surface area contributed by atoms with Gasteiger partial charge in [0.05, 0.1) is 0 Å². The van der Waals surface area contributed by atoms with E-state index in [2.05, 4.69) is 20.9 Å². The van der Waals surface area contributed by atoms with E-state index in [9.17, 15) is 0 Å². The number of nitrogens with zero attached hydrogens (tertiary/aromatic N) is 1. The average molecular weight is 323 g/mol. The lowest BCUT2D eigenvalue weighted by Crippen LogP contribution is -2.11. The molecule has 92 valence electrons. The van der Waals surface area contributed by atoms with Crippen LogP contribution in [0.5, 0.6) is 11.5 Å². The van der Waals surface area contributed by atoms with Gasteiger partial charge in [-0.3, -0.25) is 4.98 Å². The maximum Gasteiger partial charge on any atom is 0.131 e. The summed E-state index contributed by atoms with van der Waals surface area (Å²) in [6, 6.07) is 9.27. The van der Waals surface area contributed by atoms with Crippen molar-refractivity contribution < 1.29 is 4.74 Å². The maximum atomic E-state index is 5.73. The lowest BCUT2D eigenvalue weighted by atomic mass is 10.2. The molecule has 5 heteroatoms. The predicted molar refractivity (Wildman–Crippen MR) is 79.1 cm³/mol. The molecule has 3 nitrogen and oxygen atoms in total. The van der Waals surface area contributed by atoms with Gasteiger partial charge < -0.3 is 10.5 Å². The van der Waals surface area contributed by atoms with Gasteiger partial charge in [0.2, 0.25) is 0 Å². The van der Waals surface area contributed by atoms with E-state index < -0.39 is 0 Å². The van der Waals surface area contributed by atoms with Gasteiger partial charge in [0.15, 0.2) is 0 Å². The van der Waals surface area contributed by atoms with Crippen LogP contribution < -0.4 is 10.5 Å². The fourth-order valence-electron chi connectivity index (χ4n) is 1.43. The lowest BCUT2D eigenvalue weighted by molar-refractivity contribution is 0.481. The van der Waals surface area contributed by atoms with Crippen LogP contribution in [0.1, 0.15) is 11.3 Å². The van der Waals surface area contributed by atoms with Crippen LogP contribution in [0.3, 0.4) is 0 Å². The Labute approximate surface area is 119 Å². The minimum Gasteiger partial charge on any atom is -0.457 e. The number of rotatable bonds is 3. The van der Waals surface area contributed by atoms with Gasteiger partial charge in [-0.25, -0.2) is 0 Å². The fourth-order valence-corrected chi connectivity index (χ4v) is 1.78. The third-order valence-electron chi connectivity index (χ3n) is 2.35. The van der Waals surface area contributed by atoms with Crippen molar-refractivity contribution in [3.05, 3.63) is 52.3 Å². The Hall–Kier alpha value is -1.46. The predicted octanol–water partition coefficient (Wildman–Crippen LogP) is 3.58. The first-order valence-corrected chi connectivity index (χ1v) is 6.46. The summed E-state index contributed by atoms with van der Waals surface area (Å²) in [4.78, 5) is 4.32. The van der Waals surface area contributed by atoms with Crippen LogP contribution in [-0.2, 0) is 0 Å². The van der Waals surface area contributed by atoms with Crippen LogP contribution in [-0.4, -0.2) is 9.97 Å². The second-order valence-corrected chi connectivity index (χ2v) is 5.05. The first-order chi connectivity index (χ1) is 8.56. The highest BCUT2D eigenvalue weighted by Gasteiger charge is 2.03. The molecule has 2 rings (SSSR count). The van der Waals surface area contributed by atoms with E-state index in [1.165, 1.54) is 0 Å². The molecule has 0 aliphatic carbocycles. The third kappa shape index (κ3) is 3.05. The Balaban J connectivity index is 2.25. The molecule has 1 aromatic carbocycles. The molecule has 2 aromatic rings. The second kappa shape index (κ2) is 5.46. The molecule has 0 bridgehead atoms. The average Bonchev–Trinajstić information content (AvgIpc) is 2.34. The highest BCUT2D eigenvalue weighted by molar-refractivity contribution is 9.10. The summed E-state index contributed by atoms with van der Waals surface area (Å²) in [5.74, 6) is 1.42. The first kappa shape index (κ1) is 13.0. The number of ether oxygens (including phenoxy) is 1. The summed E-state index contributed by atoms with van der Waals surface area (Å²) in [7, 11) is 0. The number of aromatic nitrogens is 1. The Morgan fingerprint density at radius 2 is 2.00 bits per heavy atom. The summed E-state index contributed by atoms with van der Waals surface area (Å²) in [5, 5.41) is 0. The van der Waals surface area contributed by atoms with Crippen molar-refractivity contribution in [1.29, 1.82) is 0 Å². The van der Waals surface area contributed by atoms with Crippen molar-refractivity contribution in [2.24, 2.45) is 5.73 Å². The van der Waals surface area contributed by atoms with Crippen LogP contribution in [0.4, 0.5) is 0 Å². The molecule has 1 aromatic heterocycles. The summed E-state index contributed by atoms with van der Waals surface area (Å²) in [5.41, 5.74) is 7.19. The van der Waals surface area contributed by atoms with Crippen LogP contribution >= 0.6 is 28.1 Å². The molecule has 18 heavy (non-hydrogen) atoms.